The Labute approximate surface area is 155 Å². The number of furan rings is 1. The van der Waals surface area contributed by atoms with Gasteiger partial charge in [-0.05, 0) is 31.2 Å². The number of anilines is 1. The van der Waals surface area contributed by atoms with Crippen LogP contribution in [0.5, 0.6) is 0 Å². The number of nitrogens with one attached hydrogen (secondary N) is 2. The van der Waals surface area contributed by atoms with E-state index in [0.717, 1.165) is 18.2 Å². The predicted octanol–water partition coefficient (Wildman–Crippen LogP) is 2.76. The number of hydrogen-bond acceptors (Lipinski definition) is 4. The van der Waals surface area contributed by atoms with Gasteiger partial charge in [-0.15, -0.1) is 0 Å². The largest absolute Gasteiger partial charge is 0.463 e. The molecule has 0 fully saturated rings. The molecule has 2 rings (SSSR count). The zero-order chi connectivity index (χ0) is 21.1. The molecule has 6 nitrogen and oxygen atoms in total. The summed E-state index contributed by atoms with van der Waals surface area (Å²) in [6.45, 7) is 0.603. The Kier molecular flexibility index (Phi) is 6.07. The van der Waals surface area contributed by atoms with E-state index in [1.165, 1.54) is 13.0 Å². The number of benzene rings is 1. The second-order valence-electron chi connectivity index (χ2n) is 5.90. The number of halogens is 5. The zero-order valence-corrected chi connectivity index (χ0v) is 14.4. The van der Waals surface area contributed by atoms with E-state index in [9.17, 15) is 36.6 Å². The third-order valence-corrected chi connectivity index (χ3v) is 3.68. The smallest absolute Gasteiger partial charge is 0.425 e. The zero-order valence-electron chi connectivity index (χ0n) is 14.4. The van der Waals surface area contributed by atoms with E-state index in [4.69, 9.17) is 4.42 Å². The Hall–Kier alpha value is -2.95. The molecule has 0 spiro atoms. The predicted molar refractivity (Wildman–Crippen MR) is 86.0 cm³/mol. The van der Waals surface area contributed by atoms with Crippen molar-refractivity contribution in [3.63, 3.8) is 0 Å². The molecule has 0 saturated carbocycles. The molecule has 1 aromatic heterocycles. The number of aliphatic hydroxyl groups is 1. The first-order valence-electron chi connectivity index (χ1n) is 7.80. The van der Waals surface area contributed by atoms with Crippen LogP contribution in [-0.4, -0.2) is 29.6 Å². The highest BCUT2D eigenvalue weighted by Crippen LogP contribution is 2.42. The summed E-state index contributed by atoms with van der Waals surface area (Å²) < 4.78 is 70.5. The Morgan fingerprint density at radius 3 is 2.29 bits per heavy atom. The lowest BCUT2D eigenvalue weighted by Crippen LogP contribution is -2.46. The second kappa shape index (κ2) is 7.97. The molecule has 0 aliphatic rings. The molecule has 0 saturated heterocycles. The molecule has 3 N–H and O–H groups in total. The maximum atomic E-state index is 13.3. The van der Waals surface area contributed by atoms with Gasteiger partial charge in [0.2, 0.25) is 17.4 Å². The molecule has 1 aromatic carbocycles. The molecule has 1 unspecified atom stereocenters. The van der Waals surface area contributed by atoms with E-state index < -0.39 is 54.0 Å². The molecule has 0 aliphatic carbocycles. The first-order chi connectivity index (χ1) is 12.9. The van der Waals surface area contributed by atoms with Crippen molar-refractivity contribution in [2.45, 2.75) is 25.1 Å². The molecule has 2 aromatic rings. The second-order valence-corrected chi connectivity index (χ2v) is 5.90. The van der Waals surface area contributed by atoms with E-state index in [1.807, 2.05) is 5.32 Å². The summed E-state index contributed by atoms with van der Waals surface area (Å²) in [5.41, 5.74) is -3.70. The van der Waals surface area contributed by atoms with E-state index in [2.05, 4.69) is 5.32 Å². The molecule has 28 heavy (non-hydrogen) atoms. The Balaban J connectivity index is 1.99. The van der Waals surface area contributed by atoms with Crippen LogP contribution in [0.2, 0.25) is 0 Å². The number of aryl methyl sites for hydroxylation is 1. The minimum atomic E-state index is -5.22. The molecule has 0 bridgehead atoms. The van der Waals surface area contributed by atoms with Crippen LogP contribution in [0.25, 0.3) is 0 Å². The van der Waals surface area contributed by atoms with Gasteiger partial charge in [-0.3, -0.25) is 9.59 Å². The molecule has 1 heterocycles. The molecule has 1 atom stereocenters. The van der Waals surface area contributed by atoms with Crippen molar-refractivity contribution in [3.05, 3.63) is 53.5 Å². The van der Waals surface area contributed by atoms with Crippen molar-refractivity contribution >= 4 is 17.5 Å². The van der Waals surface area contributed by atoms with Crippen LogP contribution in [0.3, 0.4) is 0 Å². The summed E-state index contributed by atoms with van der Waals surface area (Å²) in [5, 5.41) is 14.0. The first kappa shape index (κ1) is 21.4. The summed E-state index contributed by atoms with van der Waals surface area (Å²) in [6, 6.07) is 4.60. The van der Waals surface area contributed by atoms with E-state index in [-0.39, 0.29) is 11.4 Å². The van der Waals surface area contributed by atoms with E-state index in [0.29, 0.717) is 6.07 Å². The Morgan fingerprint density at radius 1 is 1.07 bits per heavy atom. The third-order valence-electron chi connectivity index (χ3n) is 3.68. The Morgan fingerprint density at radius 2 is 1.75 bits per heavy atom. The van der Waals surface area contributed by atoms with Crippen LogP contribution < -0.4 is 10.6 Å². The molecule has 2 amide bonds. The van der Waals surface area contributed by atoms with Crippen molar-refractivity contribution in [1.29, 1.82) is 0 Å². The lowest BCUT2D eigenvalue weighted by atomic mass is 9.95. The average Bonchev–Trinajstić information content (AvgIpc) is 3.02. The van der Waals surface area contributed by atoms with Crippen molar-refractivity contribution in [2.24, 2.45) is 0 Å². The lowest BCUT2D eigenvalue weighted by Gasteiger charge is -2.27. The highest BCUT2D eigenvalue weighted by molar-refractivity contribution is 5.94. The summed E-state index contributed by atoms with van der Waals surface area (Å²) >= 11 is 0. The van der Waals surface area contributed by atoms with Gasteiger partial charge in [0.05, 0.1) is 13.0 Å². The third kappa shape index (κ3) is 4.85. The van der Waals surface area contributed by atoms with Crippen LogP contribution in [0.1, 0.15) is 17.9 Å². The molecule has 152 valence electrons. The van der Waals surface area contributed by atoms with Crippen LogP contribution in [0, 0.1) is 18.6 Å². The fourth-order valence-electron chi connectivity index (χ4n) is 2.24. The minimum absolute atomic E-state index is 0.101. The van der Waals surface area contributed by atoms with Gasteiger partial charge in [0.15, 0.2) is 11.6 Å². The fraction of sp³-hybridized carbons (Fsp3) is 0.294. The molecular formula is C17H15F5N2O4. The maximum absolute atomic E-state index is 13.3. The fourth-order valence-corrected chi connectivity index (χ4v) is 2.24. The van der Waals surface area contributed by atoms with Crippen molar-refractivity contribution in [1.82, 2.24) is 5.32 Å². The molecule has 11 heteroatoms. The topological polar surface area (TPSA) is 91.6 Å². The van der Waals surface area contributed by atoms with Gasteiger partial charge in [-0.1, -0.05) is 0 Å². The SMILES string of the molecule is Cc1ccc(C(O)(CC(=O)NCC(=O)Nc2ccc(F)c(F)c2)C(F)(F)F)o1. The number of carbonyl (C=O) groups is 2. The monoisotopic (exact) mass is 406 g/mol. The number of hydrogen-bond donors (Lipinski definition) is 3. The van der Waals surface area contributed by atoms with Gasteiger partial charge in [-0.2, -0.15) is 13.2 Å². The van der Waals surface area contributed by atoms with Crippen molar-refractivity contribution in [2.75, 3.05) is 11.9 Å². The quantitative estimate of drug-likeness (QED) is 0.644. The average molecular weight is 406 g/mol. The van der Waals surface area contributed by atoms with Gasteiger partial charge in [-0.25, -0.2) is 8.78 Å². The summed E-state index contributed by atoms with van der Waals surface area (Å²) in [4.78, 5) is 23.5. The summed E-state index contributed by atoms with van der Waals surface area (Å²) in [7, 11) is 0. The standard InChI is InChI=1S/C17H15F5N2O4/c1-9-2-5-13(28-9)16(27,17(20,21)22)7-14(25)23-8-15(26)24-10-3-4-11(18)12(19)6-10/h2-6,27H,7-8H2,1H3,(H,23,25)(H,24,26). The highest BCUT2D eigenvalue weighted by atomic mass is 19.4. The lowest BCUT2D eigenvalue weighted by molar-refractivity contribution is -0.273. The number of alkyl halides is 3. The van der Waals surface area contributed by atoms with Crippen molar-refractivity contribution in [3.8, 4) is 0 Å². The normalized spacial score (nSPS) is 13.7. The first-order valence-corrected chi connectivity index (χ1v) is 7.80. The van der Waals surface area contributed by atoms with Crippen LogP contribution in [0.4, 0.5) is 27.6 Å². The Bertz CT molecular complexity index is 881. The molecule has 0 radical (unpaired) electrons. The van der Waals surface area contributed by atoms with Gasteiger partial charge in [0.1, 0.15) is 11.5 Å². The molecule has 0 aliphatic heterocycles. The van der Waals surface area contributed by atoms with Gasteiger partial charge >= 0.3 is 6.18 Å². The summed E-state index contributed by atoms with van der Waals surface area (Å²) in [6.07, 6.45) is -6.66. The van der Waals surface area contributed by atoms with Crippen molar-refractivity contribution < 1.29 is 41.1 Å². The number of amides is 2. The summed E-state index contributed by atoms with van der Waals surface area (Å²) in [5.74, 6) is -5.29. The number of carbonyl (C=O) groups excluding carboxylic acids is 2. The van der Waals surface area contributed by atoms with Gasteiger partial charge in [0.25, 0.3) is 0 Å². The highest BCUT2D eigenvalue weighted by Gasteiger charge is 2.58. The molecular weight excluding hydrogens is 391 g/mol. The van der Waals surface area contributed by atoms with E-state index in [1.54, 1.807) is 0 Å². The van der Waals surface area contributed by atoms with Crippen LogP contribution in [0.15, 0.2) is 34.7 Å². The van der Waals surface area contributed by atoms with Crippen LogP contribution >= 0.6 is 0 Å². The minimum Gasteiger partial charge on any atom is -0.463 e. The van der Waals surface area contributed by atoms with Gasteiger partial charge < -0.3 is 20.2 Å². The van der Waals surface area contributed by atoms with E-state index >= 15 is 0 Å². The van der Waals surface area contributed by atoms with Gasteiger partial charge in [0, 0.05) is 11.8 Å². The number of rotatable bonds is 6. The maximum Gasteiger partial charge on any atom is 0.425 e. The van der Waals surface area contributed by atoms with Crippen LogP contribution in [-0.2, 0) is 15.2 Å².